The molecule has 20 heavy (non-hydrogen) atoms. The van der Waals surface area contributed by atoms with Crippen molar-refractivity contribution in [3.63, 3.8) is 0 Å². The lowest BCUT2D eigenvalue weighted by atomic mass is 10.1. The Kier molecular flexibility index (Phi) is 3.45. The fourth-order valence-corrected chi connectivity index (χ4v) is 3.20. The molecule has 1 aliphatic rings. The van der Waals surface area contributed by atoms with E-state index in [0.29, 0.717) is 11.7 Å². The molecule has 1 aliphatic heterocycles. The zero-order chi connectivity index (χ0) is 14.0. The molecule has 1 fully saturated rings. The highest BCUT2D eigenvalue weighted by atomic mass is 32.2. The topological polar surface area (TPSA) is 105 Å². The van der Waals surface area contributed by atoms with Crippen LogP contribution in [0.4, 0.5) is 5.69 Å². The van der Waals surface area contributed by atoms with Crippen molar-refractivity contribution in [1.82, 2.24) is 25.1 Å². The van der Waals surface area contributed by atoms with E-state index in [2.05, 4.69) is 25.1 Å². The summed E-state index contributed by atoms with van der Waals surface area (Å²) in [6.07, 6.45) is 7.83. The van der Waals surface area contributed by atoms with Crippen LogP contribution in [-0.2, 0) is 10.0 Å². The number of H-pyrrole nitrogens is 1. The lowest BCUT2D eigenvalue weighted by molar-refractivity contribution is 0.343. The Bertz CT molecular complexity index is 657. The van der Waals surface area contributed by atoms with Crippen molar-refractivity contribution >= 4 is 15.7 Å². The second-order valence-corrected chi connectivity index (χ2v) is 6.36. The second kappa shape index (κ2) is 5.25. The van der Waals surface area contributed by atoms with Gasteiger partial charge in [-0.2, -0.15) is 13.5 Å². The van der Waals surface area contributed by atoms with Gasteiger partial charge in [-0.3, -0.25) is 9.40 Å². The lowest BCUT2D eigenvalue weighted by Gasteiger charge is -2.22. The highest BCUT2D eigenvalue weighted by Crippen LogP contribution is 2.20. The number of nitrogens with zero attached hydrogens (tertiary/aromatic N) is 3. The lowest BCUT2D eigenvalue weighted by Crippen LogP contribution is -2.29. The molecule has 1 saturated heterocycles. The van der Waals surface area contributed by atoms with Gasteiger partial charge in [0.2, 0.25) is 0 Å². The van der Waals surface area contributed by atoms with Crippen molar-refractivity contribution < 1.29 is 8.42 Å². The third-order valence-electron chi connectivity index (χ3n) is 3.30. The first-order chi connectivity index (χ1) is 9.65. The number of piperidine rings is 1. The zero-order valence-corrected chi connectivity index (χ0v) is 11.6. The quantitative estimate of drug-likeness (QED) is 0.754. The number of hydrogen-bond donors (Lipinski definition) is 3. The van der Waals surface area contributed by atoms with E-state index in [1.807, 2.05) is 4.68 Å². The molecular weight excluding hydrogens is 280 g/mol. The molecule has 0 amide bonds. The maximum atomic E-state index is 12.0. The minimum atomic E-state index is -3.62. The molecule has 9 heteroatoms. The standard InChI is InChI=1S/C11H16N6O2S/c18-20(19,11-6-13-8-14-11)16-9-5-15-17(7-9)10-1-3-12-4-2-10/h5-8,10,12,16H,1-4H2,(H,13,14). The molecule has 0 spiro atoms. The van der Waals surface area contributed by atoms with Gasteiger partial charge in [0.1, 0.15) is 0 Å². The molecule has 108 valence electrons. The summed E-state index contributed by atoms with van der Waals surface area (Å²) in [5.74, 6) is 0. The minimum absolute atomic E-state index is 0.0344. The number of rotatable bonds is 4. The Morgan fingerprint density at radius 1 is 1.30 bits per heavy atom. The van der Waals surface area contributed by atoms with Crippen LogP contribution in [-0.4, -0.2) is 41.3 Å². The minimum Gasteiger partial charge on any atom is -0.334 e. The zero-order valence-electron chi connectivity index (χ0n) is 10.8. The molecule has 0 unspecified atom stereocenters. The molecule has 0 saturated carbocycles. The summed E-state index contributed by atoms with van der Waals surface area (Å²) in [4.78, 5) is 6.28. The predicted octanol–water partition coefficient (Wildman–Crippen LogP) is 0.331. The third-order valence-corrected chi connectivity index (χ3v) is 4.61. The van der Waals surface area contributed by atoms with Crippen LogP contribution in [0, 0.1) is 0 Å². The average Bonchev–Trinajstić information content (AvgIpc) is 3.10. The summed E-state index contributed by atoms with van der Waals surface area (Å²) in [7, 11) is -3.62. The van der Waals surface area contributed by atoms with E-state index in [4.69, 9.17) is 0 Å². The number of imidazole rings is 1. The maximum Gasteiger partial charge on any atom is 0.279 e. The molecule has 2 aromatic rings. The Hall–Kier alpha value is -1.87. The summed E-state index contributed by atoms with van der Waals surface area (Å²) < 4.78 is 28.3. The van der Waals surface area contributed by atoms with E-state index < -0.39 is 10.0 Å². The van der Waals surface area contributed by atoms with Crippen molar-refractivity contribution in [2.75, 3.05) is 17.8 Å². The number of aromatic nitrogens is 4. The molecule has 0 aliphatic carbocycles. The Morgan fingerprint density at radius 2 is 2.10 bits per heavy atom. The molecule has 0 atom stereocenters. The van der Waals surface area contributed by atoms with Crippen LogP contribution >= 0.6 is 0 Å². The monoisotopic (exact) mass is 296 g/mol. The van der Waals surface area contributed by atoms with Gasteiger partial charge in [0.25, 0.3) is 10.0 Å². The first-order valence-corrected chi connectivity index (χ1v) is 7.89. The molecule has 0 aromatic carbocycles. The molecule has 0 radical (unpaired) electrons. The van der Waals surface area contributed by atoms with Crippen LogP contribution in [0.2, 0.25) is 0 Å². The van der Waals surface area contributed by atoms with Gasteiger partial charge in [0, 0.05) is 6.20 Å². The van der Waals surface area contributed by atoms with Crippen molar-refractivity contribution in [3.8, 4) is 0 Å². The molecule has 0 bridgehead atoms. The first-order valence-electron chi connectivity index (χ1n) is 6.41. The third kappa shape index (κ3) is 2.68. The molecule has 2 aromatic heterocycles. The highest BCUT2D eigenvalue weighted by Gasteiger charge is 2.19. The molecule has 3 N–H and O–H groups in total. The van der Waals surface area contributed by atoms with Gasteiger partial charge in [-0.25, -0.2) is 4.98 Å². The van der Waals surface area contributed by atoms with Gasteiger partial charge in [0.05, 0.1) is 30.5 Å². The second-order valence-electron chi connectivity index (χ2n) is 4.71. The van der Waals surface area contributed by atoms with E-state index >= 15 is 0 Å². The smallest absolute Gasteiger partial charge is 0.279 e. The van der Waals surface area contributed by atoms with E-state index in [0.717, 1.165) is 25.9 Å². The predicted molar refractivity (Wildman–Crippen MR) is 72.8 cm³/mol. The fraction of sp³-hybridized carbons (Fsp3) is 0.455. The van der Waals surface area contributed by atoms with Crippen molar-refractivity contribution in [1.29, 1.82) is 0 Å². The normalized spacial score (nSPS) is 17.2. The number of anilines is 1. The number of nitrogens with one attached hydrogen (secondary N) is 3. The van der Waals surface area contributed by atoms with E-state index in [9.17, 15) is 8.42 Å². The number of sulfonamides is 1. The first kappa shape index (κ1) is 13.1. The van der Waals surface area contributed by atoms with Gasteiger partial charge in [0.15, 0.2) is 5.03 Å². The van der Waals surface area contributed by atoms with Crippen molar-refractivity contribution in [3.05, 3.63) is 24.9 Å². The van der Waals surface area contributed by atoms with Crippen molar-refractivity contribution in [2.24, 2.45) is 0 Å². The van der Waals surface area contributed by atoms with Crippen LogP contribution in [0.1, 0.15) is 18.9 Å². The van der Waals surface area contributed by atoms with Gasteiger partial charge in [-0.15, -0.1) is 0 Å². The summed E-state index contributed by atoms with van der Waals surface area (Å²) in [6, 6.07) is 0.321. The summed E-state index contributed by atoms with van der Waals surface area (Å²) in [5.41, 5.74) is 0.457. The van der Waals surface area contributed by atoms with Gasteiger partial charge < -0.3 is 10.3 Å². The van der Waals surface area contributed by atoms with Crippen LogP contribution in [0.15, 0.2) is 29.9 Å². The van der Waals surface area contributed by atoms with Crippen LogP contribution in [0.3, 0.4) is 0 Å². The summed E-state index contributed by atoms with van der Waals surface area (Å²) in [5, 5.41) is 7.56. The Labute approximate surface area is 116 Å². The molecular formula is C11H16N6O2S. The number of aromatic amines is 1. The average molecular weight is 296 g/mol. The summed E-state index contributed by atoms with van der Waals surface area (Å²) in [6.45, 7) is 1.92. The maximum absolute atomic E-state index is 12.0. The fourth-order valence-electron chi connectivity index (χ4n) is 2.26. The Morgan fingerprint density at radius 3 is 2.80 bits per heavy atom. The molecule has 8 nitrogen and oxygen atoms in total. The van der Waals surface area contributed by atoms with Crippen LogP contribution in [0.25, 0.3) is 0 Å². The van der Waals surface area contributed by atoms with Gasteiger partial charge in [-0.1, -0.05) is 0 Å². The van der Waals surface area contributed by atoms with Gasteiger partial charge >= 0.3 is 0 Å². The SMILES string of the molecule is O=S(=O)(Nc1cnn(C2CCNCC2)c1)c1cnc[nH]1. The Balaban J connectivity index is 1.74. The summed E-state index contributed by atoms with van der Waals surface area (Å²) >= 11 is 0. The molecule has 3 rings (SSSR count). The van der Waals surface area contributed by atoms with Crippen LogP contribution < -0.4 is 10.0 Å². The number of hydrogen-bond acceptors (Lipinski definition) is 5. The van der Waals surface area contributed by atoms with Crippen LogP contribution in [0.5, 0.6) is 0 Å². The highest BCUT2D eigenvalue weighted by molar-refractivity contribution is 7.92. The molecule has 3 heterocycles. The van der Waals surface area contributed by atoms with E-state index in [-0.39, 0.29) is 5.03 Å². The van der Waals surface area contributed by atoms with Crippen molar-refractivity contribution in [2.45, 2.75) is 23.9 Å². The van der Waals surface area contributed by atoms with E-state index in [1.165, 1.54) is 18.7 Å². The van der Waals surface area contributed by atoms with E-state index in [1.54, 1.807) is 6.20 Å². The van der Waals surface area contributed by atoms with Gasteiger partial charge in [-0.05, 0) is 25.9 Å². The largest absolute Gasteiger partial charge is 0.334 e.